The van der Waals surface area contributed by atoms with Crippen molar-refractivity contribution < 1.29 is 19.4 Å². The molecular weight excluding hydrogens is 396 g/mol. The zero-order valence-corrected chi connectivity index (χ0v) is 16.0. The summed E-state index contributed by atoms with van der Waals surface area (Å²) >= 11 is 0. The highest BCUT2D eigenvalue weighted by Gasteiger charge is 2.16. The van der Waals surface area contributed by atoms with Gasteiger partial charge in [-0.1, -0.05) is 11.8 Å². The first-order chi connectivity index (χ1) is 14.2. The lowest BCUT2D eigenvalue weighted by molar-refractivity contribution is -0.385. The van der Waals surface area contributed by atoms with Crippen molar-refractivity contribution in [2.75, 3.05) is 13.1 Å². The first kappa shape index (κ1) is 21.9. The molecule has 154 valence electrons. The number of aryl methyl sites for hydroxylation is 2. The fourth-order valence-electron chi connectivity index (χ4n) is 2.27. The van der Waals surface area contributed by atoms with Gasteiger partial charge >= 0.3 is 0 Å². The van der Waals surface area contributed by atoms with E-state index < -0.39 is 21.7 Å². The summed E-state index contributed by atoms with van der Waals surface area (Å²) in [4.78, 5) is 52.2. The molecule has 0 unspecified atom stereocenters. The molecule has 2 amide bonds. The summed E-state index contributed by atoms with van der Waals surface area (Å²) in [6, 6.07) is 2.25. The van der Waals surface area contributed by atoms with E-state index in [4.69, 9.17) is 0 Å². The molecule has 0 spiro atoms. The average Bonchev–Trinajstić information content (AvgIpc) is 2.70. The maximum absolute atomic E-state index is 12.1. The fraction of sp³-hybridized carbons (Fsp3) is 0.222. The van der Waals surface area contributed by atoms with Crippen LogP contribution in [0.25, 0.3) is 0 Å². The number of pyridine rings is 2. The lowest BCUT2D eigenvalue weighted by atomic mass is 10.2. The topological polar surface area (TPSA) is 170 Å². The van der Waals surface area contributed by atoms with Gasteiger partial charge in [0.2, 0.25) is 0 Å². The molecule has 0 bridgehead atoms. The highest BCUT2D eigenvalue weighted by atomic mass is 16.6. The summed E-state index contributed by atoms with van der Waals surface area (Å²) in [7, 11) is 0. The second kappa shape index (κ2) is 9.69. The normalized spacial score (nSPS) is 9.80. The quantitative estimate of drug-likeness (QED) is 0.403. The number of nitro groups is 2. The SMILES string of the molecule is Cc1ncc([N+](=O)[O-])cc1C(=O)NCC#CCNC(=O)c1cc([N+](=O)[O-])cnc1C. The minimum Gasteiger partial charge on any atom is -0.341 e. The van der Waals surface area contributed by atoms with Crippen molar-refractivity contribution in [3.63, 3.8) is 0 Å². The smallest absolute Gasteiger partial charge is 0.288 e. The Labute approximate surface area is 170 Å². The molecule has 0 atom stereocenters. The molecule has 12 nitrogen and oxygen atoms in total. The van der Waals surface area contributed by atoms with E-state index in [9.17, 15) is 29.8 Å². The number of carbonyl (C=O) groups is 2. The zero-order valence-electron chi connectivity index (χ0n) is 16.0. The molecule has 0 saturated heterocycles. The molecule has 0 fully saturated rings. The summed E-state index contributed by atoms with van der Waals surface area (Å²) in [6.07, 6.45) is 2.13. The third-order valence-electron chi connectivity index (χ3n) is 3.86. The van der Waals surface area contributed by atoms with Gasteiger partial charge in [0.25, 0.3) is 23.2 Å². The Morgan fingerprint density at radius 3 is 1.57 bits per heavy atom. The molecule has 0 aromatic carbocycles. The van der Waals surface area contributed by atoms with Crippen LogP contribution >= 0.6 is 0 Å². The number of aromatic nitrogens is 2. The molecule has 0 aliphatic carbocycles. The van der Waals surface area contributed by atoms with Crippen molar-refractivity contribution in [2.45, 2.75) is 13.8 Å². The van der Waals surface area contributed by atoms with Gasteiger partial charge in [-0.05, 0) is 13.8 Å². The molecule has 30 heavy (non-hydrogen) atoms. The Bertz CT molecular complexity index is 1000. The third kappa shape index (κ3) is 5.55. The number of rotatable bonds is 6. The standard InChI is InChI=1S/C18H16N6O6/c1-11-15(7-13(9-21-11)23(27)28)17(25)19-5-3-4-6-20-18(26)16-8-14(24(29)30)10-22-12(16)2/h7-10H,5-6H2,1-2H3,(H,19,25)(H,20,26). The van der Waals surface area contributed by atoms with Gasteiger partial charge in [0.05, 0.1) is 45.5 Å². The highest BCUT2D eigenvalue weighted by molar-refractivity contribution is 5.96. The van der Waals surface area contributed by atoms with Crippen molar-refractivity contribution in [3.8, 4) is 11.8 Å². The molecule has 2 N–H and O–H groups in total. The van der Waals surface area contributed by atoms with E-state index >= 15 is 0 Å². The van der Waals surface area contributed by atoms with Crippen LogP contribution in [0.1, 0.15) is 32.1 Å². The van der Waals surface area contributed by atoms with Crippen molar-refractivity contribution >= 4 is 23.2 Å². The maximum atomic E-state index is 12.1. The molecule has 0 aliphatic rings. The van der Waals surface area contributed by atoms with Crippen molar-refractivity contribution in [1.82, 2.24) is 20.6 Å². The van der Waals surface area contributed by atoms with E-state index in [2.05, 4.69) is 32.4 Å². The van der Waals surface area contributed by atoms with Gasteiger partial charge in [0.1, 0.15) is 12.4 Å². The minimum atomic E-state index is -0.649. The lowest BCUT2D eigenvalue weighted by Crippen LogP contribution is -2.26. The van der Waals surface area contributed by atoms with E-state index in [0.29, 0.717) is 11.4 Å². The second-order valence-corrected chi connectivity index (χ2v) is 5.89. The molecule has 0 saturated carbocycles. The molecule has 2 aromatic rings. The van der Waals surface area contributed by atoms with Crippen LogP contribution in [0.15, 0.2) is 24.5 Å². The van der Waals surface area contributed by atoms with Crippen molar-refractivity contribution in [3.05, 3.63) is 67.3 Å². The first-order valence-electron chi connectivity index (χ1n) is 8.45. The van der Waals surface area contributed by atoms with Gasteiger partial charge in [0.15, 0.2) is 0 Å². The van der Waals surface area contributed by atoms with Crippen LogP contribution < -0.4 is 10.6 Å². The van der Waals surface area contributed by atoms with E-state index in [0.717, 1.165) is 24.5 Å². The molecular formula is C18H16N6O6. The first-order valence-corrected chi connectivity index (χ1v) is 8.45. The number of nitrogens with one attached hydrogen (secondary N) is 2. The van der Waals surface area contributed by atoms with Crippen LogP contribution in [0.5, 0.6) is 0 Å². The van der Waals surface area contributed by atoms with Crippen molar-refractivity contribution in [2.24, 2.45) is 0 Å². The van der Waals surface area contributed by atoms with Crippen molar-refractivity contribution in [1.29, 1.82) is 0 Å². The summed E-state index contributed by atoms with van der Waals surface area (Å²) in [5, 5.41) is 26.5. The number of amides is 2. The predicted molar refractivity (Wildman–Crippen MR) is 104 cm³/mol. The summed E-state index contributed by atoms with van der Waals surface area (Å²) < 4.78 is 0. The Morgan fingerprint density at radius 1 is 0.867 bits per heavy atom. The minimum absolute atomic E-state index is 0.0613. The summed E-state index contributed by atoms with van der Waals surface area (Å²) in [5.41, 5.74) is 0.190. The van der Waals surface area contributed by atoms with Crippen LogP contribution in [0, 0.1) is 45.9 Å². The monoisotopic (exact) mass is 412 g/mol. The van der Waals surface area contributed by atoms with E-state index in [1.807, 2.05) is 0 Å². The van der Waals surface area contributed by atoms with E-state index in [-0.39, 0.29) is 35.6 Å². The zero-order chi connectivity index (χ0) is 22.3. The van der Waals surface area contributed by atoms with Crippen LogP contribution in [-0.2, 0) is 0 Å². The largest absolute Gasteiger partial charge is 0.341 e. The molecule has 0 radical (unpaired) electrons. The molecule has 2 aromatic heterocycles. The average molecular weight is 412 g/mol. The van der Waals surface area contributed by atoms with Crippen LogP contribution in [0.4, 0.5) is 11.4 Å². The summed E-state index contributed by atoms with van der Waals surface area (Å²) in [5.74, 6) is 4.10. The Morgan fingerprint density at radius 2 is 1.23 bits per heavy atom. The van der Waals surface area contributed by atoms with Crippen LogP contribution in [-0.4, -0.2) is 44.7 Å². The molecule has 12 heteroatoms. The Balaban J connectivity index is 1.89. The summed E-state index contributed by atoms with van der Waals surface area (Å²) in [6.45, 7) is 2.97. The third-order valence-corrected chi connectivity index (χ3v) is 3.86. The van der Waals surface area contributed by atoms with E-state index in [1.165, 1.54) is 0 Å². The number of carbonyl (C=O) groups excluding carboxylic acids is 2. The lowest BCUT2D eigenvalue weighted by Gasteiger charge is -2.05. The van der Waals surface area contributed by atoms with Crippen LogP contribution in [0.3, 0.4) is 0 Å². The fourth-order valence-corrected chi connectivity index (χ4v) is 2.27. The Hall–Kier alpha value is -4.40. The molecule has 2 heterocycles. The number of nitrogens with zero attached hydrogens (tertiary/aromatic N) is 4. The van der Waals surface area contributed by atoms with Gasteiger partial charge in [-0.2, -0.15) is 0 Å². The van der Waals surface area contributed by atoms with Crippen LogP contribution in [0.2, 0.25) is 0 Å². The second-order valence-electron chi connectivity index (χ2n) is 5.89. The van der Waals surface area contributed by atoms with Gasteiger partial charge in [-0.25, -0.2) is 0 Å². The maximum Gasteiger partial charge on any atom is 0.288 e. The van der Waals surface area contributed by atoms with Gasteiger partial charge in [0, 0.05) is 12.1 Å². The van der Waals surface area contributed by atoms with E-state index in [1.54, 1.807) is 13.8 Å². The highest BCUT2D eigenvalue weighted by Crippen LogP contribution is 2.15. The van der Waals surface area contributed by atoms with Gasteiger partial charge in [-0.3, -0.25) is 39.8 Å². The number of hydrogen-bond acceptors (Lipinski definition) is 8. The Kier molecular flexibility index (Phi) is 7.07. The molecule has 2 rings (SSSR count). The number of hydrogen-bond donors (Lipinski definition) is 2. The van der Waals surface area contributed by atoms with Gasteiger partial charge in [-0.15, -0.1) is 0 Å². The predicted octanol–water partition coefficient (Wildman–Crippen LogP) is 1.07. The van der Waals surface area contributed by atoms with Gasteiger partial charge < -0.3 is 10.6 Å². The molecule has 0 aliphatic heterocycles.